The molecule has 9 nitrogen and oxygen atoms in total. The van der Waals surface area contributed by atoms with Crippen molar-refractivity contribution in [2.45, 2.75) is 0 Å². The first-order valence-corrected chi connectivity index (χ1v) is 10.7. The van der Waals surface area contributed by atoms with E-state index in [1.165, 1.54) is 0 Å². The Morgan fingerprint density at radius 2 is 1.82 bits per heavy atom. The summed E-state index contributed by atoms with van der Waals surface area (Å²) in [6, 6.07) is 22.3. The van der Waals surface area contributed by atoms with Crippen LogP contribution in [0.5, 0.6) is 5.75 Å². The van der Waals surface area contributed by atoms with Crippen LogP contribution in [0.4, 0.5) is 5.82 Å². The molecule has 0 aliphatic rings. The van der Waals surface area contributed by atoms with Crippen molar-refractivity contribution in [3.05, 3.63) is 78.4 Å². The quantitative estimate of drug-likeness (QED) is 0.200. The molecule has 2 N–H and O–H groups in total. The number of nitrogens with zero attached hydrogens (tertiary/aromatic N) is 4. The summed E-state index contributed by atoms with van der Waals surface area (Å²) in [7, 11) is 1.63. The lowest BCUT2D eigenvalue weighted by Gasteiger charge is -2.04. The largest absolute Gasteiger partial charge is 0.491 e. The molecule has 0 radical (unpaired) electrons. The summed E-state index contributed by atoms with van der Waals surface area (Å²) in [5, 5.41) is 8.68. The molecule has 0 saturated carbocycles. The standard InChI is InChI=1S/C25H20N6O3/c1-33-12-13-34-19-10-11-21-22(15-19)28-24(27-21)16-6-8-17(9-7-16)25(32)30-31-29-23-14-18-4-2-3-5-20(18)26-23/h2-11,14-15H,12-13H2,1H3,(H,27,28,32)/p+1. The number of benzene rings is 3. The van der Waals surface area contributed by atoms with Crippen LogP contribution in [0.25, 0.3) is 33.3 Å². The lowest BCUT2D eigenvalue weighted by atomic mass is 10.1. The number of ether oxygens (including phenoxy) is 2. The maximum atomic E-state index is 12.4. The number of aromatic nitrogens is 3. The number of methoxy groups -OCH3 is 1. The van der Waals surface area contributed by atoms with Gasteiger partial charge in [-0.1, -0.05) is 30.3 Å². The summed E-state index contributed by atoms with van der Waals surface area (Å²) in [4.78, 5) is 27.1. The molecule has 0 unspecified atom stereocenters. The van der Waals surface area contributed by atoms with Crippen LogP contribution in [0, 0.1) is 0 Å². The SMILES string of the molecule is COCCOc1ccc2nc(-c3ccc(C(=O)N=[N+]=Nc4cc5ccccc5[nH]4)cc3)[nH]c2c1. The van der Waals surface area contributed by atoms with E-state index >= 15 is 0 Å². The van der Waals surface area contributed by atoms with Crippen molar-refractivity contribution in [3.63, 3.8) is 0 Å². The maximum absolute atomic E-state index is 12.4. The lowest BCUT2D eigenvalue weighted by Crippen LogP contribution is -2.03. The van der Waals surface area contributed by atoms with Crippen LogP contribution in [0.3, 0.4) is 0 Å². The Balaban J connectivity index is 1.29. The van der Waals surface area contributed by atoms with Gasteiger partial charge in [0.05, 0.1) is 17.6 Å². The van der Waals surface area contributed by atoms with Crippen LogP contribution in [0.1, 0.15) is 10.4 Å². The van der Waals surface area contributed by atoms with Crippen LogP contribution in [-0.2, 0) is 4.74 Å². The molecule has 9 heteroatoms. The monoisotopic (exact) mass is 453 g/mol. The Morgan fingerprint density at radius 3 is 2.65 bits per heavy atom. The van der Waals surface area contributed by atoms with Crippen molar-refractivity contribution < 1.29 is 14.3 Å². The smallest absolute Gasteiger partial charge is 0.360 e. The van der Waals surface area contributed by atoms with E-state index in [0.29, 0.717) is 30.4 Å². The van der Waals surface area contributed by atoms with E-state index in [4.69, 9.17) is 9.47 Å². The number of H-pyrrole nitrogens is 2. The van der Waals surface area contributed by atoms with E-state index in [0.717, 1.165) is 33.2 Å². The summed E-state index contributed by atoms with van der Waals surface area (Å²) >= 11 is 0. The highest BCUT2D eigenvalue weighted by Gasteiger charge is 2.12. The van der Waals surface area contributed by atoms with Crippen molar-refractivity contribution in [2.24, 2.45) is 10.2 Å². The molecule has 0 saturated heterocycles. The predicted octanol–water partition coefficient (Wildman–Crippen LogP) is 5.18. The van der Waals surface area contributed by atoms with Gasteiger partial charge in [0.1, 0.15) is 18.2 Å². The number of hydrogen-bond donors (Lipinski definition) is 2. The van der Waals surface area contributed by atoms with Crippen molar-refractivity contribution in [1.82, 2.24) is 19.9 Å². The van der Waals surface area contributed by atoms with Crippen molar-refractivity contribution in [3.8, 4) is 17.1 Å². The highest BCUT2D eigenvalue weighted by Crippen LogP contribution is 2.24. The average molecular weight is 453 g/mol. The summed E-state index contributed by atoms with van der Waals surface area (Å²) in [5.74, 6) is 1.49. The number of carbonyl (C=O) groups excluding carboxylic acids is 1. The number of fused-ring (bicyclic) bond motifs is 2. The van der Waals surface area contributed by atoms with Gasteiger partial charge < -0.3 is 19.4 Å². The Morgan fingerprint density at radius 1 is 0.971 bits per heavy atom. The van der Waals surface area contributed by atoms with Crippen LogP contribution in [-0.4, -0.2) is 41.2 Å². The van der Waals surface area contributed by atoms with Crippen molar-refractivity contribution >= 4 is 33.7 Å². The fourth-order valence-electron chi connectivity index (χ4n) is 3.51. The normalized spacial score (nSPS) is 10.9. The first kappa shape index (κ1) is 21.3. The minimum atomic E-state index is -0.478. The van der Waals surface area contributed by atoms with E-state index in [1.54, 1.807) is 19.2 Å². The van der Waals surface area contributed by atoms with E-state index in [2.05, 4.69) is 30.1 Å². The van der Waals surface area contributed by atoms with E-state index in [1.807, 2.05) is 60.7 Å². The zero-order chi connectivity index (χ0) is 23.3. The number of hydrogen-bond acceptors (Lipinski definition) is 5. The summed E-state index contributed by atoms with van der Waals surface area (Å²) in [5.41, 5.74) is 3.87. The molecule has 34 heavy (non-hydrogen) atoms. The van der Waals surface area contributed by atoms with Gasteiger partial charge in [0.15, 0.2) is 5.11 Å². The van der Waals surface area contributed by atoms with Gasteiger partial charge in [0.2, 0.25) is 15.8 Å². The summed E-state index contributed by atoms with van der Waals surface area (Å²) in [6.07, 6.45) is 0. The highest BCUT2D eigenvalue weighted by atomic mass is 16.5. The molecule has 2 aromatic heterocycles. The molecule has 0 spiro atoms. The molecule has 0 bridgehead atoms. The van der Waals surface area contributed by atoms with Gasteiger partial charge in [-0.15, -0.1) is 0 Å². The molecule has 3 aromatic carbocycles. The van der Waals surface area contributed by atoms with Crippen LogP contribution < -0.4 is 9.65 Å². The molecule has 0 aliphatic heterocycles. The molecule has 0 atom stereocenters. The fourth-order valence-corrected chi connectivity index (χ4v) is 3.51. The zero-order valence-electron chi connectivity index (χ0n) is 18.4. The van der Waals surface area contributed by atoms with Gasteiger partial charge in [-0.2, -0.15) is 0 Å². The molecule has 0 fully saturated rings. The second kappa shape index (κ2) is 9.50. The third kappa shape index (κ3) is 4.61. The van der Waals surface area contributed by atoms with E-state index in [-0.39, 0.29) is 0 Å². The van der Waals surface area contributed by atoms with Crippen LogP contribution >= 0.6 is 0 Å². The minimum Gasteiger partial charge on any atom is -0.491 e. The predicted molar refractivity (Wildman–Crippen MR) is 128 cm³/mol. The highest BCUT2D eigenvalue weighted by molar-refractivity contribution is 5.95. The molecule has 168 valence electrons. The second-order valence-electron chi connectivity index (χ2n) is 7.52. The molecular weight excluding hydrogens is 432 g/mol. The second-order valence-corrected chi connectivity index (χ2v) is 7.52. The van der Waals surface area contributed by atoms with Gasteiger partial charge in [-0.3, -0.25) is 4.79 Å². The molecular formula is C25H21N6O3+. The van der Waals surface area contributed by atoms with E-state index < -0.39 is 5.91 Å². The Kier molecular flexibility index (Phi) is 5.94. The molecule has 5 rings (SSSR count). The molecule has 0 aliphatic carbocycles. The van der Waals surface area contributed by atoms with Gasteiger partial charge in [0, 0.05) is 35.2 Å². The summed E-state index contributed by atoms with van der Waals surface area (Å²) in [6.45, 7) is 0.999. The average Bonchev–Trinajstić information content (AvgIpc) is 3.48. The fraction of sp³-hybridized carbons (Fsp3) is 0.120. The van der Waals surface area contributed by atoms with Crippen LogP contribution in [0.15, 0.2) is 83.0 Å². The Labute approximate surface area is 194 Å². The first-order valence-electron chi connectivity index (χ1n) is 10.7. The molecule has 5 aromatic rings. The third-order valence-corrected chi connectivity index (χ3v) is 5.22. The molecule has 2 heterocycles. The third-order valence-electron chi connectivity index (χ3n) is 5.22. The number of nitrogens with one attached hydrogen (secondary N) is 2. The Hall–Kier alpha value is -4.59. The topological polar surface area (TPSA) is 119 Å². The van der Waals surface area contributed by atoms with Gasteiger partial charge in [-0.25, -0.2) is 4.98 Å². The van der Waals surface area contributed by atoms with Crippen LogP contribution in [0.2, 0.25) is 0 Å². The number of aromatic amines is 2. The number of imidazole rings is 1. The van der Waals surface area contributed by atoms with Crippen molar-refractivity contribution in [2.75, 3.05) is 20.3 Å². The number of para-hydroxylation sites is 1. The lowest BCUT2D eigenvalue weighted by molar-refractivity contribution is 0.0992. The maximum Gasteiger partial charge on any atom is 0.360 e. The summed E-state index contributed by atoms with van der Waals surface area (Å²) < 4.78 is 10.7. The number of carbonyl (C=O) groups is 1. The van der Waals surface area contributed by atoms with Gasteiger partial charge in [-0.05, 0) is 36.4 Å². The van der Waals surface area contributed by atoms with Gasteiger partial charge >= 0.3 is 5.91 Å². The van der Waals surface area contributed by atoms with Gasteiger partial charge in [0.25, 0.3) is 0 Å². The van der Waals surface area contributed by atoms with Crippen molar-refractivity contribution in [1.29, 1.82) is 0 Å². The van der Waals surface area contributed by atoms with E-state index in [9.17, 15) is 4.79 Å². The molecule has 1 amide bonds. The number of rotatable bonds is 7. The zero-order valence-corrected chi connectivity index (χ0v) is 18.4. The minimum absolute atomic E-state index is 0.407. The number of amides is 1. The first-order chi connectivity index (χ1) is 16.7. The Bertz CT molecular complexity index is 1490.